The number of anilines is 1. The number of amides is 1. The average Bonchev–Trinajstić information content (AvgIpc) is 2.97. The van der Waals surface area contributed by atoms with Crippen molar-refractivity contribution in [3.63, 3.8) is 0 Å². The van der Waals surface area contributed by atoms with Crippen LogP contribution in [0.15, 0.2) is 52.5 Å². The lowest BCUT2D eigenvalue weighted by molar-refractivity contribution is -0.113. The van der Waals surface area contributed by atoms with E-state index in [1.165, 1.54) is 11.8 Å². The fourth-order valence-corrected chi connectivity index (χ4v) is 2.89. The van der Waals surface area contributed by atoms with Crippen molar-refractivity contribution in [1.29, 1.82) is 0 Å². The van der Waals surface area contributed by atoms with E-state index in [1.54, 1.807) is 24.7 Å². The molecule has 0 aromatic carbocycles. The highest BCUT2D eigenvalue weighted by atomic mass is 79.9. The third-order valence-electron chi connectivity index (χ3n) is 3.08. The number of hydrogen-bond acceptors (Lipinski definition) is 6. The van der Waals surface area contributed by atoms with Gasteiger partial charge in [-0.05, 0) is 40.2 Å². The highest BCUT2D eigenvalue weighted by Crippen LogP contribution is 2.22. The molecule has 3 rings (SSSR count). The zero-order valence-electron chi connectivity index (χ0n) is 12.7. The van der Waals surface area contributed by atoms with Crippen molar-refractivity contribution in [2.75, 3.05) is 11.1 Å². The summed E-state index contributed by atoms with van der Waals surface area (Å²) in [6.45, 7) is 0. The van der Waals surface area contributed by atoms with E-state index >= 15 is 0 Å². The molecule has 3 heterocycles. The number of pyridine rings is 2. The second kappa shape index (κ2) is 7.54. The van der Waals surface area contributed by atoms with Crippen molar-refractivity contribution < 1.29 is 4.79 Å². The smallest absolute Gasteiger partial charge is 0.236 e. The third kappa shape index (κ3) is 3.98. The van der Waals surface area contributed by atoms with Crippen LogP contribution in [0.4, 0.5) is 5.82 Å². The van der Waals surface area contributed by atoms with Gasteiger partial charge in [0.15, 0.2) is 11.0 Å². The van der Waals surface area contributed by atoms with Crippen molar-refractivity contribution >= 4 is 39.4 Å². The first kappa shape index (κ1) is 16.6. The summed E-state index contributed by atoms with van der Waals surface area (Å²) in [7, 11) is 1.86. The van der Waals surface area contributed by atoms with Crippen LogP contribution < -0.4 is 5.32 Å². The van der Waals surface area contributed by atoms with E-state index in [9.17, 15) is 4.79 Å². The summed E-state index contributed by atoms with van der Waals surface area (Å²) in [4.78, 5) is 20.2. The molecule has 0 aliphatic heterocycles. The molecule has 0 radical (unpaired) electrons. The van der Waals surface area contributed by atoms with E-state index in [0.29, 0.717) is 16.8 Å². The molecule has 9 heteroatoms. The Hall–Kier alpha value is -2.26. The van der Waals surface area contributed by atoms with Gasteiger partial charge in [0.1, 0.15) is 5.82 Å². The van der Waals surface area contributed by atoms with Crippen LogP contribution in [-0.2, 0) is 11.8 Å². The Morgan fingerprint density at radius 3 is 2.88 bits per heavy atom. The average molecular weight is 405 g/mol. The van der Waals surface area contributed by atoms with Gasteiger partial charge in [-0.2, -0.15) is 0 Å². The van der Waals surface area contributed by atoms with Crippen LogP contribution >= 0.6 is 27.7 Å². The summed E-state index contributed by atoms with van der Waals surface area (Å²) in [5, 5.41) is 11.7. The second-order valence-electron chi connectivity index (χ2n) is 4.81. The molecule has 0 aliphatic rings. The van der Waals surface area contributed by atoms with E-state index < -0.39 is 0 Å². The van der Waals surface area contributed by atoms with Gasteiger partial charge in [0.2, 0.25) is 5.91 Å². The first-order valence-electron chi connectivity index (χ1n) is 6.97. The molecule has 3 aromatic rings. The van der Waals surface area contributed by atoms with Crippen LogP contribution in [-0.4, -0.2) is 36.4 Å². The van der Waals surface area contributed by atoms with Gasteiger partial charge < -0.3 is 9.88 Å². The molecule has 0 fully saturated rings. The number of aromatic nitrogens is 5. The minimum Gasteiger partial charge on any atom is -0.310 e. The Labute approximate surface area is 151 Å². The van der Waals surface area contributed by atoms with E-state index in [-0.39, 0.29) is 11.7 Å². The summed E-state index contributed by atoms with van der Waals surface area (Å²) in [6, 6.07) is 7.31. The maximum Gasteiger partial charge on any atom is 0.236 e. The van der Waals surface area contributed by atoms with Crippen molar-refractivity contribution in [3.8, 4) is 11.4 Å². The van der Waals surface area contributed by atoms with E-state index in [0.717, 1.165) is 10.0 Å². The van der Waals surface area contributed by atoms with Gasteiger partial charge in [-0.15, -0.1) is 10.2 Å². The second-order valence-corrected chi connectivity index (χ2v) is 6.66. The van der Waals surface area contributed by atoms with Crippen molar-refractivity contribution in [2.24, 2.45) is 7.05 Å². The first-order valence-corrected chi connectivity index (χ1v) is 8.75. The van der Waals surface area contributed by atoms with E-state index in [1.807, 2.05) is 29.8 Å². The minimum atomic E-state index is -0.152. The number of thioether (sulfide) groups is 1. The zero-order valence-corrected chi connectivity index (χ0v) is 15.1. The number of nitrogens with zero attached hydrogens (tertiary/aromatic N) is 5. The summed E-state index contributed by atoms with van der Waals surface area (Å²) < 4.78 is 2.70. The number of carbonyl (C=O) groups excluding carboxylic acids is 1. The molecule has 7 nitrogen and oxygen atoms in total. The van der Waals surface area contributed by atoms with Crippen LogP contribution in [0.3, 0.4) is 0 Å². The SMILES string of the molecule is Cn1c(SCC(=O)Nc2ccc(Br)cn2)nnc1-c1cccnc1. The molecule has 24 heavy (non-hydrogen) atoms. The van der Waals surface area contributed by atoms with E-state index in [4.69, 9.17) is 0 Å². The Kier molecular flexibility index (Phi) is 5.21. The molecule has 0 saturated carbocycles. The fraction of sp³-hybridized carbons (Fsp3) is 0.133. The van der Waals surface area contributed by atoms with Crippen molar-refractivity contribution in [1.82, 2.24) is 24.7 Å². The molecule has 122 valence electrons. The zero-order chi connectivity index (χ0) is 16.9. The number of hydrogen-bond donors (Lipinski definition) is 1. The maximum atomic E-state index is 12.0. The molecule has 1 amide bonds. The van der Waals surface area contributed by atoms with Gasteiger partial charge in [0, 0.05) is 35.7 Å². The predicted octanol–water partition coefficient (Wildman–Crippen LogP) is 2.77. The molecule has 0 unspecified atom stereocenters. The monoisotopic (exact) mass is 404 g/mol. The van der Waals surface area contributed by atoms with Crippen molar-refractivity contribution in [2.45, 2.75) is 5.16 Å². The number of nitrogens with one attached hydrogen (secondary N) is 1. The number of rotatable bonds is 5. The third-order valence-corrected chi connectivity index (χ3v) is 4.57. The number of halogens is 1. The first-order chi connectivity index (χ1) is 11.6. The van der Waals surface area contributed by atoms with Crippen LogP contribution in [0.1, 0.15) is 0 Å². The van der Waals surface area contributed by atoms with Gasteiger partial charge >= 0.3 is 0 Å². The molecule has 0 spiro atoms. The lowest BCUT2D eigenvalue weighted by Crippen LogP contribution is -2.15. The Morgan fingerprint density at radius 2 is 2.17 bits per heavy atom. The Balaban J connectivity index is 1.62. The lowest BCUT2D eigenvalue weighted by Gasteiger charge is -2.05. The molecule has 0 aliphatic carbocycles. The largest absolute Gasteiger partial charge is 0.310 e. The maximum absolute atomic E-state index is 12.0. The van der Waals surface area contributed by atoms with Crippen molar-refractivity contribution in [3.05, 3.63) is 47.3 Å². The molecule has 3 aromatic heterocycles. The van der Waals surface area contributed by atoms with Gasteiger partial charge in [-0.25, -0.2) is 4.98 Å². The molecule has 1 N–H and O–H groups in total. The lowest BCUT2D eigenvalue weighted by atomic mass is 10.3. The summed E-state index contributed by atoms with van der Waals surface area (Å²) >= 11 is 4.61. The van der Waals surface area contributed by atoms with Crippen LogP contribution in [0.25, 0.3) is 11.4 Å². The highest BCUT2D eigenvalue weighted by molar-refractivity contribution is 9.10. The van der Waals surface area contributed by atoms with Crippen LogP contribution in [0.5, 0.6) is 0 Å². The van der Waals surface area contributed by atoms with Crippen LogP contribution in [0.2, 0.25) is 0 Å². The summed E-state index contributed by atoms with van der Waals surface area (Å²) in [6.07, 6.45) is 5.06. The van der Waals surface area contributed by atoms with Gasteiger partial charge in [0.25, 0.3) is 0 Å². The van der Waals surface area contributed by atoms with Crippen LogP contribution in [0, 0.1) is 0 Å². The predicted molar refractivity (Wildman–Crippen MR) is 95.5 cm³/mol. The van der Waals surface area contributed by atoms with Gasteiger partial charge in [-0.3, -0.25) is 9.78 Å². The Morgan fingerprint density at radius 1 is 1.29 bits per heavy atom. The molecular formula is C15H13BrN6OS. The molecule has 0 atom stereocenters. The van der Waals surface area contributed by atoms with Gasteiger partial charge in [0.05, 0.1) is 5.75 Å². The quantitative estimate of drug-likeness (QED) is 0.657. The molecule has 0 saturated heterocycles. The summed E-state index contributed by atoms with van der Waals surface area (Å²) in [5.41, 5.74) is 0.878. The highest BCUT2D eigenvalue weighted by Gasteiger charge is 2.13. The Bertz CT molecular complexity index is 837. The minimum absolute atomic E-state index is 0.152. The standard InChI is InChI=1S/C15H13BrN6OS/c1-22-14(10-3-2-6-17-7-10)20-21-15(22)24-9-13(23)19-12-5-4-11(16)8-18-12/h2-8H,9H2,1H3,(H,18,19,23). The summed E-state index contributed by atoms with van der Waals surface area (Å²) in [5.74, 6) is 1.29. The normalized spacial score (nSPS) is 10.6. The topological polar surface area (TPSA) is 85.6 Å². The van der Waals surface area contributed by atoms with Gasteiger partial charge in [-0.1, -0.05) is 11.8 Å². The molecule has 0 bridgehead atoms. The molecular weight excluding hydrogens is 392 g/mol. The fourth-order valence-electron chi connectivity index (χ4n) is 1.95. The number of carbonyl (C=O) groups is 1. The van der Waals surface area contributed by atoms with E-state index in [2.05, 4.69) is 41.4 Å².